The maximum absolute atomic E-state index is 12.7. The largest absolute Gasteiger partial charge is 0.417 e. The summed E-state index contributed by atoms with van der Waals surface area (Å²) in [5.41, 5.74) is 4.25. The van der Waals surface area contributed by atoms with Gasteiger partial charge in [0.2, 0.25) is 5.91 Å². The first-order chi connectivity index (χ1) is 10.3. The Morgan fingerprint density at radius 1 is 1.27 bits per heavy atom. The van der Waals surface area contributed by atoms with Gasteiger partial charge in [0, 0.05) is 31.4 Å². The lowest BCUT2D eigenvalue weighted by Crippen LogP contribution is -2.37. The Hall–Kier alpha value is -1.83. The molecule has 1 aliphatic rings. The Bertz CT molecular complexity index is 598. The van der Waals surface area contributed by atoms with E-state index >= 15 is 0 Å². The molecule has 0 unspecified atom stereocenters. The number of nitrogens with two attached hydrogens (primary N) is 1. The van der Waals surface area contributed by atoms with Crippen molar-refractivity contribution in [1.82, 2.24) is 9.47 Å². The van der Waals surface area contributed by atoms with E-state index in [-0.39, 0.29) is 11.9 Å². The van der Waals surface area contributed by atoms with Gasteiger partial charge in [0.15, 0.2) is 0 Å². The van der Waals surface area contributed by atoms with Gasteiger partial charge >= 0.3 is 6.18 Å². The predicted molar refractivity (Wildman–Crippen MR) is 74.1 cm³/mol. The van der Waals surface area contributed by atoms with Crippen LogP contribution in [0.2, 0.25) is 0 Å². The normalized spacial score (nSPS) is 19.8. The maximum atomic E-state index is 12.7. The summed E-state index contributed by atoms with van der Waals surface area (Å²) in [4.78, 5) is 25.4. The van der Waals surface area contributed by atoms with E-state index in [1.807, 2.05) is 0 Å². The first kappa shape index (κ1) is 16.5. The summed E-state index contributed by atoms with van der Waals surface area (Å²) >= 11 is 0. The smallest absolute Gasteiger partial charge is 0.341 e. The van der Waals surface area contributed by atoms with Gasteiger partial charge < -0.3 is 15.2 Å². The van der Waals surface area contributed by atoms with E-state index in [0.717, 1.165) is 23.5 Å². The van der Waals surface area contributed by atoms with Gasteiger partial charge in [-0.3, -0.25) is 9.59 Å². The third-order valence-corrected chi connectivity index (χ3v) is 3.74. The van der Waals surface area contributed by atoms with Crippen LogP contribution in [0.15, 0.2) is 23.1 Å². The molecule has 1 fully saturated rings. The standard InChI is InChI=1S/C14H18F3N3O2/c15-14(16,17)10-3-4-12(21)20(8-10)9-13(22)19-6-1-2-11(18)5-7-19/h3-4,8,11H,1-2,5-7,9,18H2/t11-/m0/s1. The molecule has 8 heteroatoms. The van der Waals surface area contributed by atoms with Gasteiger partial charge in [-0.05, 0) is 25.3 Å². The molecule has 2 N–H and O–H groups in total. The molecule has 1 aromatic heterocycles. The van der Waals surface area contributed by atoms with E-state index in [4.69, 9.17) is 5.73 Å². The Balaban J connectivity index is 2.12. The zero-order chi connectivity index (χ0) is 16.3. The van der Waals surface area contributed by atoms with Crippen LogP contribution in [0.5, 0.6) is 0 Å². The second kappa shape index (κ2) is 6.51. The van der Waals surface area contributed by atoms with Crippen molar-refractivity contribution >= 4 is 5.91 Å². The number of carbonyl (C=O) groups is 1. The van der Waals surface area contributed by atoms with Crippen molar-refractivity contribution in [3.63, 3.8) is 0 Å². The molecule has 5 nitrogen and oxygen atoms in total. The molecule has 122 valence electrons. The molecule has 0 bridgehead atoms. The number of aromatic nitrogens is 1. The van der Waals surface area contributed by atoms with Gasteiger partial charge in [-0.2, -0.15) is 13.2 Å². The third-order valence-electron chi connectivity index (χ3n) is 3.74. The highest BCUT2D eigenvalue weighted by molar-refractivity contribution is 5.76. The summed E-state index contributed by atoms with van der Waals surface area (Å²) in [6.45, 7) is 0.589. The molecule has 1 aromatic rings. The van der Waals surface area contributed by atoms with Crippen LogP contribution < -0.4 is 11.3 Å². The number of hydrogen-bond donors (Lipinski definition) is 1. The van der Waals surface area contributed by atoms with Gasteiger partial charge in [0.25, 0.3) is 5.56 Å². The van der Waals surface area contributed by atoms with Gasteiger partial charge in [-0.25, -0.2) is 0 Å². The highest BCUT2D eigenvalue weighted by Crippen LogP contribution is 2.28. The second-order valence-corrected chi connectivity index (χ2v) is 5.45. The molecule has 0 radical (unpaired) electrons. The van der Waals surface area contributed by atoms with Crippen molar-refractivity contribution in [2.45, 2.75) is 38.0 Å². The fourth-order valence-electron chi connectivity index (χ4n) is 2.44. The summed E-state index contributed by atoms with van der Waals surface area (Å²) in [5, 5.41) is 0. The number of amides is 1. The minimum atomic E-state index is -4.55. The number of halogens is 3. The molecule has 0 aliphatic carbocycles. The maximum Gasteiger partial charge on any atom is 0.417 e. The van der Waals surface area contributed by atoms with E-state index in [1.54, 1.807) is 4.90 Å². The molecule has 0 aromatic carbocycles. The van der Waals surface area contributed by atoms with Crippen molar-refractivity contribution in [3.8, 4) is 0 Å². The fourth-order valence-corrected chi connectivity index (χ4v) is 2.44. The minimum absolute atomic E-state index is 0.0362. The zero-order valence-corrected chi connectivity index (χ0v) is 12.0. The lowest BCUT2D eigenvalue weighted by molar-refractivity contribution is -0.138. The van der Waals surface area contributed by atoms with E-state index in [9.17, 15) is 22.8 Å². The molecular formula is C14H18F3N3O2. The lowest BCUT2D eigenvalue weighted by atomic mass is 10.1. The van der Waals surface area contributed by atoms with Crippen LogP contribution in [-0.4, -0.2) is 34.5 Å². The molecular weight excluding hydrogens is 299 g/mol. The van der Waals surface area contributed by atoms with E-state index in [1.165, 1.54) is 0 Å². The van der Waals surface area contributed by atoms with Gasteiger partial charge in [0.1, 0.15) is 6.54 Å². The van der Waals surface area contributed by atoms with Crippen LogP contribution in [0.1, 0.15) is 24.8 Å². The average Bonchev–Trinajstić information content (AvgIpc) is 2.64. The van der Waals surface area contributed by atoms with Crippen LogP contribution in [0.25, 0.3) is 0 Å². The van der Waals surface area contributed by atoms with Crippen molar-refractivity contribution in [2.24, 2.45) is 5.73 Å². The molecule has 0 saturated carbocycles. The Kier molecular flexibility index (Phi) is 4.90. The third kappa shape index (κ3) is 4.09. The first-order valence-electron chi connectivity index (χ1n) is 7.08. The number of pyridine rings is 1. The monoisotopic (exact) mass is 317 g/mol. The molecule has 1 aliphatic heterocycles. The van der Waals surface area contributed by atoms with Gasteiger partial charge in [-0.1, -0.05) is 0 Å². The number of nitrogens with zero attached hydrogens (tertiary/aromatic N) is 2. The van der Waals surface area contributed by atoms with E-state index < -0.39 is 23.8 Å². The highest BCUT2D eigenvalue weighted by atomic mass is 19.4. The van der Waals surface area contributed by atoms with Crippen molar-refractivity contribution in [1.29, 1.82) is 0 Å². The van der Waals surface area contributed by atoms with Crippen LogP contribution in [-0.2, 0) is 17.5 Å². The van der Waals surface area contributed by atoms with E-state index in [2.05, 4.69) is 0 Å². The van der Waals surface area contributed by atoms with Crippen LogP contribution in [0, 0.1) is 0 Å². The van der Waals surface area contributed by atoms with Crippen LogP contribution >= 0.6 is 0 Å². The Labute approximate surface area is 125 Å². The quantitative estimate of drug-likeness (QED) is 0.891. The summed E-state index contributed by atoms with van der Waals surface area (Å²) in [6, 6.07) is 1.58. The summed E-state index contributed by atoms with van der Waals surface area (Å²) < 4.78 is 38.8. The Morgan fingerprint density at radius 2 is 2.00 bits per heavy atom. The summed E-state index contributed by atoms with van der Waals surface area (Å²) in [7, 11) is 0. The first-order valence-corrected chi connectivity index (χ1v) is 7.08. The molecule has 0 spiro atoms. The van der Waals surface area contributed by atoms with Crippen molar-refractivity contribution in [3.05, 3.63) is 34.2 Å². The topological polar surface area (TPSA) is 68.3 Å². The van der Waals surface area contributed by atoms with Gasteiger partial charge in [-0.15, -0.1) is 0 Å². The van der Waals surface area contributed by atoms with Gasteiger partial charge in [0.05, 0.1) is 5.56 Å². The SMILES string of the molecule is N[C@H]1CCCN(C(=O)Cn2cc(C(F)(F)F)ccc2=O)CC1. The number of hydrogen-bond acceptors (Lipinski definition) is 3. The lowest BCUT2D eigenvalue weighted by Gasteiger charge is -2.21. The van der Waals surface area contributed by atoms with Crippen LogP contribution in [0.3, 0.4) is 0 Å². The molecule has 1 atom stereocenters. The number of rotatable bonds is 2. The number of carbonyl (C=O) groups excluding carboxylic acids is 1. The highest BCUT2D eigenvalue weighted by Gasteiger charge is 2.31. The average molecular weight is 317 g/mol. The fraction of sp³-hybridized carbons (Fsp3) is 0.571. The second-order valence-electron chi connectivity index (χ2n) is 5.45. The van der Waals surface area contributed by atoms with E-state index in [0.29, 0.717) is 31.8 Å². The molecule has 1 saturated heterocycles. The van der Waals surface area contributed by atoms with Crippen molar-refractivity contribution in [2.75, 3.05) is 13.1 Å². The molecule has 22 heavy (non-hydrogen) atoms. The van der Waals surface area contributed by atoms with Crippen LogP contribution in [0.4, 0.5) is 13.2 Å². The van der Waals surface area contributed by atoms with Crippen molar-refractivity contribution < 1.29 is 18.0 Å². The Morgan fingerprint density at radius 3 is 2.68 bits per heavy atom. The molecule has 2 rings (SSSR count). The zero-order valence-electron chi connectivity index (χ0n) is 12.0. The molecule has 1 amide bonds. The molecule has 2 heterocycles. The number of alkyl halides is 3. The summed E-state index contributed by atoms with van der Waals surface area (Å²) in [6.07, 6.45) is -1.64. The predicted octanol–water partition coefficient (Wildman–Crippen LogP) is 1.21. The number of likely N-dealkylation sites (tertiary alicyclic amines) is 1. The summed E-state index contributed by atoms with van der Waals surface area (Å²) in [5.74, 6) is -0.365. The minimum Gasteiger partial charge on any atom is -0.341 e.